The Morgan fingerprint density at radius 2 is 1.95 bits per heavy atom. The minimum Gasteiger partial charge on any atom is -0.370 e. The van der Waals surface area contributed by atoms with E-state index in [0.717, 1.165) is 36.5 Å². The van der Waals surface area contributed by atoms with Gasteiger partial charge in [-0.1, -0.05) is 42.6 Å². The van der Waals surface area contributed by atoms with E-state index < -0.39 is 0 Å². The van der Waals surface area contributed by atoms with Crippen molar-refractivity contribution in [1.29, 1.82) is 0 Å². The summed E-state index contributed by atoms with van der Waals surface area (Å²) in [6.07, 6.45) is 1.94. The molecule has 1 N–H and O–H groups in total. The summed E-state index contributed by atoms with van der Waals surface area (Å²) in [7, 11) is 0. The summed E-state index contributed by atoms with van der Waals surface area (Å²) >= 11 is 12.3. The van der Waals surface area contributed by atoms with Gasteiger partial charge < -0.3 is 5.32 Å². The number of benzene rings is 1. The number of aromatic nitrogens is 2. The first-order valence-corrected chi connectivity index (χ1v) is 7.47. The van der Waals surface area contributed by atoms with E-state index in [-0.39, 0.29) is 0 Å². The molecule has 1 aromatic carbocycles. The van der Waals surface area contributed by atoms with Crippen molar-refractivity contribution in [2.24, 2.45) is 0 Å². The van der Waals surface area contributed by atoms with Crippen LogP contribution in [0.3, 0.4) is 0 Å². The van der Waals surface area contributed by atoms with E-state index in [9.17, 15) is 0 Å². The zero-order valence-corrected chi connectivity index (χ0v) is 13.1. The number of nitrogens with zero attached hydrogens (tertiary/aromatic N) is 2. The molecule has 2 rings (SSSR count). The van der Waals surface area contributed by atoms with Gasteiger partial charge in [0.1, 0.15) is 5.82 Å². The van der Waals surface area contributed by atoms with E-state index in [1.165, 1.54) is 0 Å². The van der Waals surface area contributed by atoms with Gasteiger partial charge in [-0.05, 0) is 25.5 Å². The minimum atomic E-state index is 0.491. The molecule has 0 aliphatic heterocycles. The Hall–Kier alpha value is -1.32. The molecule has 0 saturated heterocycles. The Labute approximate surface area is 129 Å². The molecule has 0 amide bonds. The fourth-order valence-corrected chi connectivity index (χ4v) is 2.34. The lowest BCUT2D eigenvalue weighted by atomic mass is 10.2. The maximum absolute atomic E-state index is 6.25. The maximum atomic E-state index is 6.25. The smallest absolute Gasteiger partial charge is 0.163 e. The van der Waals surface area contributed by atoms with Gasteiger partial charge in [0.25, 0.3) is 0 Å². The number of rotatable bonds is 5. The van der Waals surface area contributed by atoms with Crippen molar-refractivity contribution in [3.8, 4) is 11.4 Å². The Balaban J connectivity index is 2.51. The number of halogens is 2. The van der Waals surface area contributed by atoms with Crippen molar-refractivity contribution >= 4 is 29.0 Å². The van der Waals surface area contributed by atoms with Gasteiger partial charge in [-0.15, -0.1) is 0 Å². The molecule has 0 radical (unpaired) electrons. The number of hydrogen-bond acceptors (Lipinski definition) is 3. The summed E-state index contributed by atoms with van der Waals surface area (Å²) in [5.41, 5.74) is 1.76. The molecule has 0 unspecified atom stereocenters. The van der Waals surface area contributed by atoms with E-state index >= 15 is 0 Å². The fourth-order valence-electron chi connectivity index (χ4n) is 1.95. The van der Waals surface area contributed by atoms with Gasteiger partial charge in [0.05, 0.1) is 10.0 Å². The summed E-state index contributed by atoms with van der Waals surface area (Å²) in [5.74, 6) is 1.43. The van der Waals surface area contributed by atoms with Crippen LogP contribution in [0.4, 0.5) is 5.82 Å². The molecule has 2 aromatic rings. The summed E-state index contributed by atoms with van der Waals surface area (Å²) < 4.78 is 0. The first-order chi connectivity index (χ1) is 9.65. The van der Waals surface area contributed by atoms with Gasteiger partial charge in [-0.2, -0.15) is 0 Å². The van der Waals surface area contributed by atoms with Gasteiger partial charge in [-0.25, -0.2) is 9.97 Å². The summed E-state index contributed by atoms with van der Waals surface area (Å²) in [5, 5.41) is 4.23. The van der Waals surface area contributed by atoms with Crippen LogP contribution in [0.5, 0.6) is 0 Å². The van der Waals surface area contributed by atoms with Crippen LogP contribution in [-0.4, -0.2) is 16.5 Å². The molecule has 5 heteroatoms. The van der Waals surface area contributed by atoms with Gasteiger partial charge >= 0.3 is 0 Å². The van der Waals surface area contributed by atoms with Crippen LogP contribution in [0, 0.1) is 0 Å². The Kier molecular flexibility index (Phi) is 5.21. The summed E-state index contributed by atoms with van der Waals surface area (Å²) in [6, 6.07) is 7.48. The number of nitrogens with one attached hydrogen (secondary N) is 1. The lowest BCUT2D eigenvalue weighted by Gasteiger charge is -2.10. The molecule has 0 bridgehead atoms. The van der Waals surface area contributed by atoms with E-state index in [0.29, 0.717) is 15.9 Å². The minimum absolute atomic E-state index is 0.491. The third-order valence-corrected chi connectivity index (χ3v) is 3.65. The molecule has 0 atom stereocenters. The van der Waals surface area contributed by atoms with Gasteiger partial charge in [0.15, 0.2) is 5.82 Å². The third kappa shape index (κ3) is 3.41. The highest BCUT2D eigenvalue weighted by molar-refractivity contribution is 6.43. The second-order valence-electron chi connectivity index (χ2n) is 4.45. The molecular formula is C15H17Cl2N3. The third-order valence-electron chi connectivity index (χ3n) is 2.84. The van der Waals surface area contributed by atoms with E-state index in [1.54, 1.807) is 6.07 Å². The van der Waals surface area contributed by atoms with Gasteiger partial charge in [-0.3, -0.25) is 0 Å². The van der Waals surface area contributed by atoms with E-state index in [1.807, 2.05) is 25.1 Å². The van der Waals surface area contributed by atoms with Crippen LogP contribution in [0.2, 0.25) is 10.0 Å². The van der Waals surface area contributed by atoms with Crippen LogP contribution in [0.15, 0.2) is 24.3 Å². The fraction of sp³-hybridized carbons (Fsp3) is 0.333. The van der Waals surface area contributed by atoms with Crippen molar-refractivity contribution in [2.75, 3.05) is 11.9 Å². The quantitative estimate of drug-likeness (QED) is 0.859. The monoisotopic (exact) mass is 309 g/mol. The van der Waals surface area contributed by atoms with E-state index in [2.05, 4.69) is 22.2 Å². The maximum Gasteiger partial charge on any atom is 0.163 e. The van der Waals surface area contributed by atoms with Crippen LogP contribution in [0.25, 0.3) is 11.4 Å². The van der Waals surface area contributed by atoms with Crippen molar-refractivity contribution < 1.29 is 0 Å². The average molecular weight is 310 g/mol. The topological polar surface area (TPSA) is 37.8 Å². The molecule has 0 aliphatic rings. The molecular weight excluding hydrogens is 293 g/mol. The highest BCUT2D eigenvalue weighted by Gasteiger charge is 2.11. The zero-order chi connectivity index (χ0) is 14.5. The highest BCUT2D eigenvalue weighted by Crippen LogP contribution is 2.32. The molecule has 0 aliphatic carbocycles. The van der Waals surface area contributed by atoms with Crippen LogP contribution in [-0.2, 0) is 6.42 Å². The predicted molar refractivity (Wildman–Crippen MR) is 85.6 cm³/mol. The van der Waals surface area contributed by atoms with Gasteiger partial charge in [0.2, 0.25) is 0 Å². The molecule has 3 nitrogen and oxygen atoms in total. The van der Waals surface area contributed by atoms with Gasteiger partial charge in [0, 0.05) is 23.9 Å². The molecule has 0 fully saturated rings. The van der Waals surface area contributed by atoms with Crippen LogP contribution < -0.4 is 5.32 Å². The molecule has 0 spiro atoms. The van der Waals surface area contributed by atoms with E-state index in [4.69, 9.17) is 23.2 Å². The molecule has 106 valence electrons. The lowest BCUT2D eigenvalue weighted by Crippen LogP contribution is -2.04. The van der Waals surface area contributed by atoms with Crippen LogP contribution >= 0.6 is 23.2 Å². The standard InChI is InChI=1S/C15H17Cl2N3/c1-3-6-10-9-13(18-4-2)20-15(19-10)11-7-5-8-12(16)14(11)17/h5,7-9H,3-4,6H2,1-2H3,(H,18,19,20). The Morgan fingerprint density at radius 1 is 1.15 bits per heavy atom. The highest BCUT2D eigenvalue weighted by atomic mass is 35.5. The SMILES string of the molecule is CCCc1cc(NCC)nc(-c2cccc(Cl)c2Cl)n1. The van der Waals surface area contributed by atoms with Crippen LogP contribution in [0.1, 0.15) is 26.0 Å². The first kappa shape index (κ1) is 15.1. The van der Waals surface area contributed by atoms with Crippen molar-refractivity contribution in [3.05, 3.63) is 40.0 Å². The van der Waals surface area contributed by atoms with Crippen molar-refractivity contribution in [1.82, 2.24) is 9.97 Å². The summed E-state index contributed by atoms with van der Waals surface area (Å²) in [6.45, 7) is 4.97. The van der Waals surface area contributed by atoms with Crippen molar-refractivity contribution in [3.63, 3.8) is 0 Å². The number of aryl methyl sites for hydroxylation is 1. The summed E-state index contributed by atoms with van der Waals surface area (Å²) in [4.78, 5) is 9.10. The second kappa shape index (κ2) is 6.91. The first-order valence-electron chi connectivity index (χ1n) is 6.72. The zero-order valence-electron chi connectivity index (χ0n) is 11.6. The molecule has 1 aromatic heterocycles. The lowest BCUT2D eigenvalue weighted by molar-refractivity contribution is 0.875. The average Bonchev–Trinajstić information content (AvgIpc) is 2.42. The number of hydrogen-bond donors (Lipinski definition) is 1. The second-order valence-corrected chi connectivity index (χ2v) is 5.24. The molecule has 0 saturated carbocycles. The largest absolute Gasteiger partial charge is 0.370 e. The van der Waals surface area contributed by atoms with Crippen molar-refractivity contribution in [2.45, 2.75) is 26.7 Å². The molecule has 20 heavy (non-hydrogen) atoms. The normalized spacial score (nSPS) is 10.6. The predicted octanol–water partition coefficient (Wildman–Crippen LogP) is 4.83. The molecule has 1 heterocycles. The number of anilines is 1. The Morgan fingerprint density at radius 3 is 2.65 bits per heavy atom. The Bertz CT molecular complexity index is 575.